The third-order valence-electron chi connectivity index (χ3n) is 10.3. The Hall–Kier alpha value is -4.80. The summed E-state index contributed by atoms with van der Waals surface area (Å²) < 4.78 is 2.48. The highest BCUT2D eigenvalue weighted by Gasteiger charge is 2.42. The fourth-order valence-electron chi connectivity index (χ4n) is 7.53. The Morgan fingerprint density at radius 1 is 0.542 bits per heavy atom. The Balaban J connectivity index is 1.38. The molecule has 0 fully saturated rings. The van der Waals surface area contributed by atoms with Gasteiger partial charge in [0.2, 0.25) is 0 Å². The van der Waals surface area contributed by atoms with Gasteiger partial charge in [-0.25, -0.2) is 9.97 Å². The minimum absolute atomic E-state index is 0.0648. The van der Waals surface area contributed by atoms with Gasteiger partial charge in [0.05, 0.1) is 22.4 Å². The second kappa shape index (κ2) is 10.6. The van der Waals surface area contributed by atoms with E-state index in [-0.39, 0.29) is 10.8 Å². The van der Waals surface area contributed by atoms with Gasteiger partial charge in [0.1, 0.15) is 8.07 Å². The maximum atomic E-state index is 5.32. The standard InChI is InChI=1S/C44H43N3Si/c1-43(2,3)30-19-23-36-34(25-30)35-26-31(44(4,5)6)20-24-37(35)47(36)32-21-22-33-38(27-32)48(7,8)41-39(28-15-11-9-12-16-28)45-42(46-40(33)41)29-17-13-10-14-18-29/h9-27H,1-8H3. The maximum absolute atomic E-state index is 5.32. The van der Waals surface area contributed by atoms with Crippen molar-refractivity contribution < 1.29 is 0 Å². The number of fused-ring (bicyclic) bond motifs is 6. The average Bonchev–Trinajstić information content (AvgIpc) is 3.52. The minimum atomic E-state index is -2.22. The summed E-state index contributed by atoms with van der Waals surface area (Å²) >= 11 is 0. The van der Waals surface area contributed by atoms with E-state index in [1.807, 2.05) is 6.07 Å². The first-order valence-corrected chi connectivity index (χ1v) is 20.1. The molecule has 0 saturated carbocycles. The van der Waals surface area contributed by atoms with E-state index in [9.17, 15) is 0 Å². The molecule has 3 heterocycles. The van der Waals surface area contributed by atoms with Gasteiger partial charge >= 0.3 is 0 Å². The normalized spacial score (nSPS) is 14.0. The Bertz CT molecular complexity index is 2300. The largest absolute Gasteiger partial charge is 0.309 e. The Morgan fingerprint density at radius 3 is 1.60 bits per heavy atom. The van der Waals surface area contributed by atoms with Crippen molar-refractivity contribution in [3.63, 3.8) is 0 Å². The van der Waals surface area contributed by atoms with Gasteiger partial charge in [-0.3, -0.25) is 0 Å². The molecule has 7 aromatic rings. The number of aromatic nitrogens is 3. The van der Waals surface area contributed by atoms with Crippen LogP contribution in [0, 0.1) is 0 Å². The van der Waals surface area contributed by atoms with E-state index in [4.69, 9.17) is 9.97 Å². The van der Waals surface area contributed by atoms with E-state index >= 15 is 0 Å². The maximum Gasteiger partial charge on any atom is 0.160 e. The predicted molar refractivity (Wildman–Crippen MR) is 207 cm³/mol. The van der Waals surface area contributed by atoms with Gasteiger partial charge < -0.3 is 4.57 Å². The average molecular weight is 642 g/mol. The third kappa shape index (κ3) is 4.76. The zero-order valence-electron chi connectivity index (χ0n) is 29.3. The van der Waals surface area contributed by atoms with Gasteiger partial charge in [-0.1, -0.05) is 133 Å². The molecule has 2 aromatic heterocycles. The molecule has 238 valence electrons. The van der Waals surface area contributed by atoms with Crippen LogP contribution in [0.15, 0.2) is 115 Å². The molecule has 0 N–H and O–H groups in total. The van der Waals surface area contributed by atoms with Crippen molar-refractivity contribution in [1.29, 1.82) is 0 Å². The Kier molecular flexibility index (Phi) is 6.74. The van der Waals surface area contributed by atoms with Gasteiger partial charge in [0, 0.05) is 27.6 Å². The van der Waals surface area contributed by atoms with Crippen molar-refractivity contribution in [2.24, 2.45) is 0 Å². The summed E-state index contributed by atoms with van der Waals surface area (Å²) in [7, 11) is -2.22. The number of benzene rings is 5. The summed E-state index contributed by atoms with van der Waals surface area (Å²) in [5.74, 6) is 0.779. The first-order chi connectivity index (χ1) is 22.8. The van der Waals surface area contributed by atoms with Crippen LogP contribution in [-0.2, 0) is 10.8 Å². The Morgan fingerprint density at radius 2 is 1.06 bits per heavy atom. The quantitative estimate of drug-likeness (QED) is 0.180. The zero-order valence-corrected chi connectivity index (χ0v) is 30.3. The monoisotopic (exact) mass is 641 g/mol. The van der Waals surface area contributed by atoms with Crippen molar-refractivity contribution in [2.45, 2.75) is 65.5 Å². The summed E-state index contributed by atoms with van der Waals surface area (Å²) in [4.78, 5) is 10.6. The molecule has 3 nitrogen and oxygen atoms in total. The summed E-state index contributed by atoms with van der Waals surface area (Å²) in [5.41, 5.74) is 12.1. The van der Waals surface area contributed by atoms with Crippen LogP contribution >= 0.6 is 0 Å². The number of nitrogens with zero attached hydrogens (tertiary/aromatic N) is 3. The molecule has 48 heavy (non-hydrogen) atoms. The molecule has 4 heteroatoms. The van der Waals surface area contributed by atoms with Crippen LogP contribution in [0.3, 0.4) is 0 Å². The van der Waals surface area contributed by atoms with Crippen molar-refractivity contribution in [2.75, 3.05) is 0 Å². The van der Waals surface area contributed by atoms with E-state index in [2.05, 4.69) is 168 Å². The predicted octanol–water partition coefficient (Wildman–Crippen LogP) is 10.3. The molecule has 0 bridgehead atoms. The number of hydrogen-bond acceptors (Lipinski definition) is 2. The third-order valence-corrected chi connectivity index (χ3v) is 13.8. The van der Waals surface area contributed by atoms with E-state index in [0.717, 1.165) is 28.3 Å². The van der Waals surface area contributed by atoms with Gasteiger partial charge in [0.15, 0.2) is 5.82 Å². The molecular weight excluding hydrogens is 599 g/mol. The van der Waals surface area contributed by atoms with Gasteiger partial charge in [0.25, 0.3) is 0 Å². The van der Waals surface area contributed by atoms with E-state index in [0.29, 0.717) is 0 Å². The lowest BCUT2D eigenvalue weighted by atomic mass is 9.85. The first kappa shape index (κ1) is 30.5. The molecule has 0 atom stereocenters. The van der Waals surface area contributed by atoms with Crippen LogP contribution in [0.25, 0.3) is 61.4 Å². The van der Waals surface area contributed by atoms with Crippen LogP contribution in [0.2, 0.25) is 13.1 Å². The van der Waals surface area contributed by atoms with Crippen LogP contribution in [0.4, 0.5) is 0 Å². The lowest BCUT2D eigenvalue weighted by molar-refractivity contribution is 0.590. The lowest BCUT2D eigenvalue weighted by Gasteiger charge is -2.22. The van der Waals surface area contributed by atoms with E-state index in [1.165, 1.54) is 54.6 Å². The fraction of sp³-hybridized carbons (Fsp3) is 0.227. The number of hydrogen-bond donors (Lipinski definition) is 0. The van der Waals surface area contributed by atoms with Crippen LogP contribution in [0.1, 0.15) is 52.7 Å². The molecule has 8 rings (SSSR count). The van der Waals surface area contributed by atoms with Gasteiger partial charge in [-0.2, -0.15) is 0 Å². The van der Waals surface area contributed by atoms with Crippen molar-refractivity contribution >= 4 is 40.3 Å². The molecule has 1 aliphatic heterocycles. The van der Waals surface area contributed by atoms with Gasteiger partial charge in [-0.05, 0) is 74.3 Å². The molecule has 0 radical (unpaired) electrons. The van der Waals surface area contributed by atoms with E-state index < -0.39 is 8.07 Å². The summed E-state index contributed by atoms with van der Waals surface area (Å²) in [6.07, 6.45) is 0. The molecule has 0 amide bonds. The minimum Gasteiger partial charge on any atom is -0.309 e. The topological polar surface area (TPSA) is 30.7 Å². The highest BCUT2D eigenvalue weighted by molar-refractivity contribution is 7.04. The fourth-order valence-corrected chi connectivity index (χ4v) is 10.8. The van der Waals surface area contributed by atoms with Crippen LogP contribution in [0.5, 0.6) is 0 Å². The van der Waals surface area contributed by atoms with Crippen LogP contribution in [-0.4, -0.2) is 22.6 Å². The van der Waals surface area contributed by atoms with Crippen molar-refractivity contribution in [1.82, 2.24) is 14.5 Å². The highest BCUT2D eigenvalue weighted by atomic mass is 28.3. The second-order valence-corrected chi connectivity index (χ2v) is 20.3. The lowest BCUT2D eigenvalue weighted by Crippen LogP contribution is -2.50. The smallest absolute Gasteiger partial charge is 0.160 e. The summed E-state index contributed by atoms with van der Waals surface area (Å²) in [5, 5.41) is 5.37. The van der Waals surface area contributed by atoms with Crippen molar-refractivity contribution in [3.05, 3.63) is 126 Å². The molecule has 0 saturated heterocycles. The molecule has 0 aliphatic carbocycles. The van der Waals surface area contributed by atoms with Gasteiger partial charge in [-0.15, -0.1) is 0 Å². The summed E-state index contributed by atoms with van der Waals surface area (Å²) in [6.45, 7) is 18.7. The molecular formula is C44H43N3Si. The summed E-state index contributed by atoms with van der Waals surface area (Å²) in [6, 6.07) is 42.3. The number of rotatable bonds is 3. The van der Waals surface area contributed by atoms with Crippen molar-refractivity contribution in [3.8, 4) is 39.6 Å². The molecule has 0 spiro atoms. The second-order valence-electron chi connectivity index (χ2n) is 16.0. The first-order valence-electron chi connectivity index (χ1n) is 17.1. The van der Waals surface area contributed by atoms with Crippen LogP contribution < -0.4 is 10.4 Å². The van der Waals surface area contributed by atoms with E-state index in [1.54, 1.807) is 0 Å². The Labute approximate surface area is 285 Å². The SMILES string of the molecule is CC(C)(C)c1ccc2c(c1)c1cc(C(C)(C)C)ccc1n2-c1ccc2c(c1)[Si](C)(C)c1c(-c3ccccc3)nc(-c3ccccc3)nc1-2. The highest BCUT2D eigenvalue weighted by Crippen LogP contribution is 2.39. The zero-order chi connectivity index (χ0) is 33.6. The molecule has 5 aromatic carbocycles. The molecule has 1 aliphatic rings. The molecule has 0 unspecified atom stereocenters.